The third-order valence-electron chi connectivity index (χ3n) is 5.54. The smallest absolute Gasteiger partial charge is 0.266 e. The van der Waals surface area contributed by atoms with Gasteiger partial charge in [-0.15, -0.1) is 0 Å². The quantitative estimate of drug-likeness (QED) is 0.212. The lowest BCUT2D eigenvalue weighted by molar-refractivity contribution is -0.121. The predicted octanol–water partition coefficient (Wildman–Crippen LogP) is 6.28. The highest BCUT2D eigenvalue weighted by Gasteiger charge is 2.30. The summed E-state index contributed by atoms with van der Waals surface area (Å²) in [5, 5.41) is 0. The molecule has 1 aliphatic heterocycles. The second-order valence-electron chi connectivity index (χ2n) is 7.73. The van der Waals surface area contributed by atoms with Crippen molar-refractivity contribution in [2.45, 2.75) is 39.5 Å². The number of carbonyl (C=O) groups excluding carboxylic acids is 1. The van der Waals surface area contributed by atoms with Crippen molar-refractivity contribution < 1.29 is 19.0 Å². The topological polar surface area (TPSA) is 48.0 Å². The van der Waals surface area contributed by atoms with Crippen molar-refractivity contribution in [2.75, 3.05) is 26.9 Å². The fraction of sp³-hybridized carbons (Fsp3) is 0.385. The van der Waals surface area contributed by atoms with Gasteiger partial charge in [-0.05, 0) is 54.7 Å². The van der Waals surface area contributed by atoms with Gasteiger partial charge in [0.2, 0.25) is 0 Å². The maximum Gasteiger partial charge on any atom is 0.266 e. The predicted molar refractivity (Wildman–Crippen MR) is 139 cm³/mol. The summed E-state index contributed by atoms with van der Waals surface area (Å²) in [6.07, 6.45) is 3.66. The van der Waals surface area contributed by atoms with Crippen LogP contribution < -0.4 is 14.2 Å². The Hall–Kier alpha value is -2.51. The summed E-state index contributed by atoms with van der Waals surface area (Å²) < 4.78 is 18.1. The van der Waals surface area contributed by atoms with Crippen molar-refractivity contribution in [2.24, 2.45) is 0 Å². The molecule has 176 valence electrons. The van der Waals surface area contributed by atoms with E-state index in [2.05, 4.69) is 26.0 Å². The maximum atomic E-state index is 12.4. The molecule has 0 N–H and O–H groups in total. The average molecular weight is 486 g/mol. The lowest BCUT2D eigenvalue weighted by Gasteiger charge is -2.16. The van der Waals surface area contributed by atoms with Gasteiger partial charge in [0, 0.05) is 13.0 Å². The summed E-state index contributed by atoms with van der Waals surface area (Å²) in [5.41, 5.74) is 2.11. The first-order valence-electron chi connectivity index (χ1n) is 11.3. The minimum atomic E-state index is -0.0540. The number of thiocarbonyl (C=S) groups is 1. The molecule has 1 amide bonds. The number of nitrogens with zero attached hydrogens (tertiary/aromatic N) is 1. The van der Waals surface area contributed by atoms with Crippen LogP contribution in [0.25, 0.3) is 6.08 Å². The Labute approximate surface area is 206 Å². The van der Waals surface area contributed by atoms with Crippen LogP contribution in [-0.2, 0) is 4.79 Å². The third-order valence-corrected chi connectivity index (χ3v) is 6.92. The fourth-order valence-electron chi connectivity index (χ4n) is 3.48. The molecule has 1 saturated heterocycles. The minimum absolute atomic E-state index is 0.0540. The van der Waals surface area contributed by atoms with E-state index in [9.17, 15) is 4.79 Å². The van der Waals surface area contributed by atoms with Gasteiger partial charge >= 0.3 is 0 Å². The van der Waals surface area contributed by atoms with E-state index in [-0.39, 0.29) is 5.91 Å². The zero-order chi connectivity index (χ0) is 23.8. The lowest BCUT2D eigenvalue weighted by Crippen LogP contribution is -2.27. The van der Waals surface area contributed by atoms with E-state index in [1.807, 2.05) is 43.3 Å². The van der Waals surface area contributed by atoms with Crippen molar-refractivity contribution in [3.8, 4) is 17.2 Å². The summed E-state index contributed by atoms with van der Waals surface area (Å²) in [6, 6.07) is 13.9. The van der Waals surface area contributed by atoms with Gasteiger partial charge in [-0.25, -0.2) is 0 Å². The Bertz CT molecular complexity index is 1020. The number of hydrogen-bond donors (Lipinski definition) is 0. The van der Waals surface area contributed by atoms with Crippen LogP contribution in [0.3, 0.4) is 0 Å². The molecule has 1 aliphatic rings. The molecule has 0 aliphatic carbocycles. The average Bonchev–Trinajstić information content (AvgIpc) is 3.10. The number of amides is 1. The number of thioether (sulfide) groups is 1. The van der Waals surface area contributed by atoms with Crippen LogP contribution >= 0.6 is 24.0 Å². The number of ether oxygens (including phenoxy) is 3. The van der Waals surface area contributed by atoms with Gasteiger partial charge in [0.1, 0.15) is 10.1 Å². The van der Waals surface area contributed by atoms with Gasteiger partial charge in [-0.2, -0.15) is 0 Å². The molecule has 1 unspecified atom stereocenters. The van der Waals surface area contributed by atoms with Crippen LogP contribution in [0.1, 0.15) is 50.7 Å². The molecule has 1 atom stereocenters. The Kier molecular flexibility index (Phi) is 9.21. The van der Waals surface area contributed by atoms with Crippen molar-refractivity contribution >= 4 is 40.3 Å². The van der Waals surface area contributed by atoms with Crippen molar-refractivity contribution in [3.05, 3.63) is 58.5 Å². The van der Waals surface area contributed by atoms with Crippen molar-refractivity contribution in [3.63, 3.8) is 0 Å². The van der Waals surface area contributed by atoms with Crippen LogP contribution in [0.4, 0.5) is 0 Å². The molecule has 0 saturated carbocycles. The zero-order valence-corrected chi connectivity index (χ0v) is 21.3. The van der Waals surface area contributed by atoms with Gasteiger partial charge < -0.3 is 14.2 Å². The molecule has 5 nitrogen and oxygen atoms in total. The summed E-state index contributed by atoms with van der Waals surface area (Å²) >= 11 is 6.60. The largest absolute Gasteiger partial charge is 0.493 e. The minimum Gasteiger partial charge on any atom is -0.493 e. The van der Waals surface area contributed by atoms with Crippen LogP contribution in [0.15, 0.2) is 47.4 Å². The Balaban J connectivity index is 1.56. The first-order chi connectivity index (χ1) is 16.0. The highest BCUT2D eigenvalue weighted by atomic mass is 32.2. The number of benzene rings is 2. The summed E-state index contributed by atoms with van der Waals surface area (Å²) in [6.45, 7) is 7.98. The van der Waals surface area contributed by atoms with E-state index >= 15 is 0 Å². The maximum absolute atomic E-state index is 12.4. The first-order valence-corrected chi connectivity index (χ1v) is 12.5. The Morgan fingerprint density at radius 1 is 1.06 bits per heavy atom. The Morgan fingerprint density at radius 2 is 1.79 bits per heavy atom. The Morgan fingerprint density at radius 3 is 2.45 bits per heavy atom. The number of para-hydroxylation sites is 1. The van der Waals surface area contributed by atoms with E-state index < -0.39 is 0 Å². The number of hydrogen-bond acceptors (Lipinski definition) is 6. The number of carbonyl (C=O) groups is 1. The molecular weight excluding hydrogens is 454 g/mol. The third kappa shape index (κ3) is 6.30. The second kappa shape index (κ2) is 12.1. The van der Waals surface area contributed by atoms with Crippen molar-refractivity contribution in [1.29, 1.82) is 0 Å². The lowest BCUT2D eigenvalue weighted by atomic mass is 9.98. The van der Waals surface area contributed by atoms with Gasteiger partial charge in [0.05, 0.1) is 25.2 Å². The summed E-state index contributed by atoms with van der Waals surface area (Å²) in [7, 11) is 1.61. The van der Waals surface area contributed by atoms with Crippen LogP contribution in [-0.4, -0.2) is 42.0 Å². The van der Waals surface area contributed by atoms with E-state index in [1.54, 1.807) is 12.0 Å². The molecule has 1 fully saturated rings. The molecular formula is C26H31NO4S2. The van der Waals surface area contributed by atoms with E-state index in [4.69, 9.17) is 26.4 Å². The van der Waals surface area contributed by atoms with Gasteiger partial charge in [-0.1, -0.05) is 62.1 Å². The molecule has 0 aromatic heterocycles. The standard InChI is InChI=1S/C26H31NO4S2/c1-5-18(3)20-10-7-8-11-21(20)30-14-9-15-31-22-13-12-19(16-23(22)29-4)17-24-25(28)27(6-2)26(32)33-24/h7-8,10-13,16-18H,5-6,9,14-15H2,1-4H3. The number of likely N-dealkylation sites (N-methyl/N-ethyl adjacent to an activating group) is 1. The molecule has 2 aromatic rings. The van der Waals surface area contributed by atoms with Gasteiger partial charge in [-0.3, -0.25) is 9.69 Å². The monoisotopic (exact) mass is 485 g/mol. The van der Waals surface area contributed by atoms with E-state index in [0.29, 0.717) is 46.4 Å². The number of rotatable bonds is 11. The summed E-state index contributed by atoms with van der Waals surface area (Å²) in [4.78, 5) is 14.7. The zero-order valence-electron chi connectivity index (χ0n) is 19.6. The first kappa shape index (κ1) is 25.1. The SMILES string of the molecule is CCC(C)c1ccccc1OCCCOc1ccc(C=C2SC(=S)N(CC)C2=O)cc1OC. The van der Waals surface area contributed by atoms with Gasteiger partial charge in [0.25, 0.3) is 5.91 Å². The van der Waals surface area contributed by atoms with Gasteiger partial charge in [0.15, 0.2) is 11.5 Å². The molecule has 0 radical (unpaired) electrons. The van der Waals surface area contributed by atoms with E-state index in [1.165, 1.54) is 17.3 Å². The molecule has 0 spiro atoms. The normalized spacial score (nSPS) is 15.8. The van der Waals surface area contributed by atoms with Crippen LogP contribution in [0, 0.1) is 0 Å². The molecule has 0 bridgehead atoms. The van der Waals surface area contributed by atoms with Crippen LogP contribution in [0.5, 0.6) is 17.2 Å². The highest BCUT2D eigenvalue weighted by molar-refractivity contribution is 8.26. The second-order valence-corrected chi connectivity index (χ2v) is 9.41. The molecule has 3 rings (SSSR count). The summed E-state index contributed by atoms with van der Waals surface area (Å²) in [5.74, 6) is 2.64. The molecule has 2 aromatic carbocycles. The molecule has 33 heavy (non-hydrogen) atoms. The van der Waals surface area contributed by atoms with E-state index in [0.717, 1.165) is 24.2 Å². The highest BCUT2D eigenvalue weighted by Crippen LogP contribution is 2.34. The molecule has 7 heteroatoms. The van der Waals surface area contributed by atoms with Crippen molar-refractivity contribution in [1.82, 2.24) is 4.90 Å². The number of methoxy groups -OCH3 is 1. The molecule has 1 heterocycles. The van der Waals surface area contributed by atoms with Crippen LogP contribution in [0.2, 0.25) is 0 Å². The fourth-order valence-corrected chi connectivity index (χ4v) is 4.86.